The molecule has 4 N–H and O–H groups in total. The van der Waals surface area contributed by atoms with Gasteiger partial charge in [-0.05, 0) is 24.6 Å². The molecule has 92 valence electrons. The van der Waals surface area contributed by atoms with Gasteiger partial charge >= 0.3 is 0 Å². The van der Waals surface area contributed by atoms with Crippen molar-refractivity contribution in [1.29, 1.82) is 0 Å². The van der Waals surface area contributed by atoms with E-state index in [1.165, 1.54) is 0 Å². The van der Waals surface area contributed by atoms with Crippen LogP contribution in [0.2, 0.25) is 0 Å². The number of anilines is 1. The lowest BCUT2D eigenvalue weighted by Crippen LogP contribution is -2.13. The maximum atomic E-state index is 9.01. The molecule has 0 atom stereocenters. The highest BCUT2D eigenvalue weighted by Gasteiger charge is 2.08. The van der Waals surface area contributed by atoms with E-state index in [1.54, 1.807) is 6.33 Å². The van der Waals surface area contributed by atoms with Crippen LogP contribution < -0.4 is 5.73 Å². The highest BCUT2D eigenvalue weighted by Crippen LogP contribution is 2.17. The summed E-state index contributed by atoms with van der Waals surface area (Å²) < 4.78 is 1.99. The molecular formula is C12H17N3O2. The minimum atomic E-state index is -0.0755. The van der Waals surface area contributed by atoms with Gasteiger partial charge in [0.1, 0.15) is 0 Å². The third-order valence-corrected chi connectivity index (χ3v) is 2.94. The third kappa shape index (κ3) is 2.57. The van der Waals surface area contributed by atoms with Crippen LogP contribution in [0, 0.1) is 5.92 Å². The van der Waals surface area contributed by atoms with Crippen LogP contribution >= 0.6 is 0 Å². The minimum absolute atomic E-state index is 0.00523. The Morgan fingerprint density at radius 1 is 1.29 bits per heavy atom. The zero-order valence-corrected chi connectivity index (χ0v) is 9.58. The smallest absolute Gasteiger partial charge is 0.0958 e. The van der Waals surface area contributed by atoms with Crippen molar-refractivity contribution in [3.05, 3.63) is 24.5 Å². The topological polar surface area (TPSA) is 84.3 Å². The van der Waals surface area contributed by atoms with Crippen molar-refractivity contribution in [1.82, 2.24) is 9.55 Å². The molecule has 0 radical (unpaired) electrons. The lowest BCUT2D eigenvalue weighted by Gasteiger charge is -2.11. The molecule has 0 unspecified atom stereocenters. The maximum absolute atomic E-state index is 9.01. The Balaban J connectivity index is 2.16. The molecule has 1 aromatic heterocycles. The molecule has 0 saturated carbocycles. The lowest BCUT2D eigenvalue weighted by atomic mass is 10.1. The number of aryl methyl sites for hydroxylation is 1. The van der Waals surface area contributed by atoms with Crippen molar-refractivity contribution in [3.8, 4) is 0 Å². The highest BCUT2D eigenvalue weighted by molar-refractivity contribution is 5.78. The van der Waals surface area contributed by atoms with E-state index in [4.69, 9.17) is 15.9 Å². The van der Waals surface area contributed by atoms with Gasteiger partial charge in [-0.25, -0.2) is 4.98 Å². The van der Waals surface area contributed by atoms with Crippen LogP contribution in [0.15, 0.2) is 24.5 Å². The summed E-state index contributed by atoms with van der Waals surface area (Å²) in [6.45, 7) is 0.724. The van der Waals surface area contributed by atoms with E-state index in [0.29, 0.717) is 18.7 Å². The van der Waals surface area contributed by atoms with E-state index in [0.717, 1.165) is 11.0 Å². The third-order valence-electron chi connectivity index (χ3n) is 2.94. The molecule has 2 rings (SSSR count). The first kappa shape index (κ1) is 11.9. The standard InChI is InChI=1S/C12H17N3O2/c13-10-1-2-11-12(5-10)15(8-14-11)4-3-9(6-16)7-17/h1-2,5,8-9,16-17H,3-4,6-7,13H2. The number of aliphatic hydroxyl groups excluding tert-OH is 2. The fraction of sp³-hybridized carbons (Fsp3) is 0.417. The predicted molar refractivity (Wildman–Crippen MR) is 66.4 cm³/mol. The molecule has 0 fully saturated rings. The van der Waals surface area contributed by atoms with Gasteiger partial charge < -0.3 is 20.5 Å². The number of aliphatic hydroxyl groups is 2. The van der Waals surface area contributed by atoms with Crippen LogP contribution in [0.3, 0.4) is 0 Å². The van der Waals surface area contributed by atoms with Crippen molar-refractivity contribution in [2.75, 3.05) is 18.9 Å². The Morgan fingerprint density at radius 3 is 2.76 bits per heavy atom. The summed E-state index contributed by atoms with van der Waals surface area (Å²) in [6.07, 6.45) is 2.48. The van der Waals surface area contributed by atoms with Crippen LogP contribution in [0.1, 0.15) is 6.42 Å². The first-order valence-electron chi connectivity index (χ1n) is 5.66. The summed E-state index contributed by atoms with van der Waals surface area (Å²) in [7, 11) is 0. The number of rotatable bonds is 5. The van der Waals surface area contributed by atoms with E-state index in [-0.39, 0.29) is 19.1 Å². The van der Waals surface area contributed by atoms with Gasteiger partial charge in [0.25, 0.3) is 0 Å². The maximum Gasteiger partial charge on any atom is 0.0958 e. The number of hydrogen-bond donors (Lipinski definition) is 3. The monoisotopic (exact) mass is 235 g/mol. The van der Waals surface area contributed by atoms with Crippen molar-refractivity contribution in [2.45, 2.75) is 13.0 Å². The summed E-state index contributed by atoms with van der Waals surface area (Å²) >= 11 is 0. The van der Waals surface area contributed by atoms with E-state index in [1.807, 2.05) is 22.8 Å². The summed E-state index contributed by atoms with van der Waals surface area (Å²) in [4.78, 5) is 4.27. The summed E-state index contributed by atoms with van der Waals surface area (Å²) in [5.41, 5.74) is 8.34. The minimum Gasteiger partial charge on any atom is -0.399 e. The second kappa shape index (κ2) is 5.16. The zero-order chi connectivity index (χ0) is 12.3. The molecule has 5 heteroatoms. The van der Waals surface area contributed by atoms with Crippen LogP contribution in [0.4, 0.5) is 5.69 Å². The predicted octanol–water partition coefficient (Wildman–Crippen LogP) is 0.609. The van der Waals surface area contributed by atoms with Crippen LogP contribution in [0.5, 0.6) is 0 Å². The molecule has 0 aliphatic carbocycles. The number of hydrogen-bond acceptors (Lipinski definition) is 4. The molecular weight excluding hydrogens is 218 g/mol. The number of fused-ring (bicyclic) bond motifs is 1. The van der Waals surface area contributed by atoms with Crippen LogP contribution in [-0.4, -0.2) is 33.0 Å². The quantitative estimate of drug-likeness (QED) is 0.663. The van der Waals surface area contributed by atoms with Gasteiger partial charge in [0.05, 0.1) is 17.4 Å². The Kier molecular flexibility index (Phi) is 3.61. The molecule has 0 aliphatic rings. The van der Waals surface area contributed by atoms with E-state index >= 15 is 0 Å². The highest BCUT2D eigenvalue weighted by atomic mass is 16.3. The largest absolute Gasteiger partial charge is 0.399 e. The fourth-order valence-electron chi connectivity index (χ4n) is 1.81. The Hall–Kier alpha value is -1.59. The lowest BCUT2D eigenvalue weighted by molar-refractivity contribution is 0.140. The molecule has 0 spiro atoms. The van der Waals surface area contributed by atoms with Crippen molar-refractivity contribution < 1.29 is 10.2 Å². The number of nitrogen functional groups attached to an aromatic ring is 1. The van der Waals surface area contributed by atoms with Gasteiger partial charge in [0.15, 0.2) is 0 Å². The fourth-order valence-corrected chi connectivity index (χ4v) is 1.81. The number of nitrogens with zero attached hydrogens (tertiary/aromatic N) is 2. The average Bonchev–Trinajstić information content (AvgIpc) is 2.73. The van der Waals surface area contributed by atoms with Gasteiger partial charge in [-0.15, -0.1) is 0 Å². The Morgan fingerprint density at radius 2 is 2.06 bits per heavy atom. The molecule has 5 nitrogen and oxygen atoms in total. The average molecular weight is 235 g/mol. The summed E-state index contributed by atoms with van der Waals surface area (Å²) in [5, 5.41) is 18.0. The van der Waals surface area contributed by atoms with Gasteiger partial charge in [-0.1, -0.05) is 0 Å². The molecule has 1 heterocycles. The molecule has 0 bridgehead atoms. The SMILES string of the molecule is Nc1ccc2ncn(CCC(CO)CO)c2c1. The van der Waals surface area contributed by atoms with E-state index in [9.17, 15) is 0 Å². The summed E-state index contributed by atoms with van der Waals surface area (Å²) in [6, 6.07) is 5.59. The van der Waals surface area contributed by atoms with Crippen molar-refractivity contribution in [3.63, 3.8) is 0 Å². The van der Waals surface area contributed by atoms with Gasteiger partial charge in [-0.3, -0.25) is 0 Å². The zero-order valence-electron chi connectivity index (χ0n) is 9.58. The molecule has 1 aromatic carbocycles. The van der Waals surface area contributed by atoms with Gasteiger partial charge in [-0.2, -0.15) is 0 Å². The van der Waals surface area contributed by atoms with Gasteiger partial charge in [0.2, 0.25) is 0 Å². The molecule has 0 amide bonds. The van der Waals surface area contributed by atoms with E-state index in [2.05, 4.69) is 4.98 Å². The van der Waals surface area contributed by atoms with Crippen molar-refractivity contribution in [2.24, 2.45) is 5.92 Å². The number of aromatic nitrogens is 2. The van der Waals surface area contributed by atoms with Crippen LogP contribution in [-0.2, 0) is 6.54 Å². The first-order chi connectivity index (χ1) is 8.24. The van der Waals surface area contributed by atoms with Crippen LogP contribution in [0.25, 0.3) is 11.0 Å². The molecule has 17 heavy (non-hydrogen) atoms. The first-order valence-corrected chi connectivity index (χ1v) is 5.66. The number of benzene rings is 1. The normalized spacial score (nSPS) is 11.5. The number of nitrogens with two attached hydrogens (primary N) is 1. The Bertz CT molecular complexity index is 491. The second-order valence-electron chi connectivity index (χ2n) is 4.21. The number of imidazole rings is 1. The van der Waals surface area contributed by atoms with Gasteiger partial charge in [0, 0.05) is 31.4 Å². The molecule has 2 aromatic rings. The Labute approximate surface area is 99.5 Å². The second-order valence-corrected chi connectivity index (χ2v) is 4.21. The van der Waals surface area contributed by atoms with Crippen molar-refractivity contribution >= 4 is 16.7 Å². The molecule has 0 saturated heterocycles. The van der Waals surface area contributed by atoms with E-state index < -0.39 is 0 Å². The summed E-state index contributed by atoms with van der Waals surface area (Å²) in [5.74, 6) is -0.0755. The molecule has 0 aliphatic heterocycles.